The zero-order chi connectivity index (χ0) is 15.2. The molecule has 0 aliphatic rings. The van der Waals surface area contributed by atoms with Crippen molar-refractivity contribution in [1.29, 1.82) is 0 Å². The molecule has 0 aromatic heterocycles. The van der Waals surface area contributed by atoms with E-state index in [-0.39, 0.29) is 17.7 Å². The van der Waals surface area contributed by atoms with E-state index < -0.39 is 0 Å². The fourth-order valence-electron chi connectivity index (χ4n) is 1.87. The first-order chi connectivity index (χ1) is 9.33. The van der Waals surface area contributed by atoms with E-state index in [0.717, 1.165) is 11.3 Å². The van der Waals surface area contributed by atoms with Crippen molar-refractivity contribution in [3.05, 3.63) is 29.8 Å². The molecule has 0 heterocycles. The Morgan fingerprint density at radius 3 is 2.15 bits per heavy atom. The van der Waals surface area contributed by atoms with Crippen LogP contribution in [-0.4, -0.2) is 32.0 Å². The average molecular weight is 281 g/mol. The monoisotopic (exact) mass is 281 g/mol. The fourth-order valence-corrected chi connectivity index (χ4v) is 1.87. The molecule has 0 aliphatic carbocycles. The fraction of sp³-hybridized carbons (Fsp3) is 0.625. The number of hydrogen-bond acceptors (Lipinski definition) is 4. The van der Waals surface area contributed by atoms with Gasteiger partial charge in [-0.1, -0.05) is 12.1 Å². The van der Waals surface area contributed by atoms with Gasteiger partial charge < -0.3 is 19.9 Å². The Morgan fingerprint density at radius 1 is 1.10 bits per heavy atom. The van der Waals surface area contributed by atoms with Crippen molar-refractivity contribution < 1.29 is 14.2 Å². The molecule has 4 nitrogen and oxygen atoms in total. The van der Waals surface area contributed by atoms with Crippen LogP contribution in [-0.2, 0) is 9.47 Å². The summed E-state index contributed by atoms with van der Waals surface area (Å²) < 4.78 is 16.7. The van der Waals surface area contributed by atoms with E-state index in [4.69, 9.17) is 19.9 Å². The summed E-state index contributed by atoms with van der Waals surface area (Å²) >= 11 is 0. The van der Waals surface area contributed by atoms with Crippen LogP contribution >= 0.6 is 0 Å². The number of rotatable bonds is 7. The lowest BCUT2D eigenvalue weighted by Crippen LogP contribution is -2.29. The molecule has 1 aromatic carbocycles. The van der Waals surface area contributed by atoms with Gasteiger partial charge in [-0.3, -0.25) is 0 Å². The van der Waals surface area contributed by atoms with E-state index in [0.29, 0.717) is 13.2 Å². The first kappa shape index (κ1) is 17.0. The van der Waals surface area contributed by atoms with Gasteiger partial charge in [0.05, 0.1) is 32.0 Å². The minimum atomic E-state index is -0.146. The van der Waals surface area contributed by atoms with Gasteiger partial charge in [0.1, 0.15) is 5.75 Å². The molecule has 2 atom stereocenters. The molecule has 2 N–H and O–H groups in total. The Kier molecular flexibility index (Phi) is 6.46. The van der Waals surface area contributed by atoms with Crippen LogP contribution in [0, 0.1) is 0 Å². The van der Waals surface area contributed by atoms with Crippen molar-refractivity contribution >= 4 is 0 Å². The van der Waals surface area contributed by atoms with Gasteiger partial charge in [-0.05, 0) is 45.4 Å². The average Bonchev–Trinajstić information content (AvgIpc) is 2.37. The molecule has 1 aromatic rings. The molecule has 2 unspecified atom stereocenters. The maximum absolute atomic E-state index is 6.01. The number of methoxy groups -OCH3 is 1. The highest BCUT2D eigenvalue weighted by Gasteiger charge is 2.17. The maximum Gasteiger partial charge on any atom is 0.118 e. The van der Waals surface area contributed by atoms with Crippen LogP contribution in [0.5, 0.6) is 5.75 Å². The van der Waals surface area contributed by atoms with E-state index in [1.165, 1.54) is 0 Å². The molecule has 0 bridgehead atoms. The van der Waals surface area contributed by atoms with Crippen molar-refractivity contribution in [3.63, 3.8) is 0 Å². The lowest BCUT2D eigenvalue weighted by Gasteiger charge is -2.24. The van der Waals surface area contributed by atoms with Gasteiger partial charge in [-0.2, -0.15) is 0 Å². The highest BCUT2D eigenvalue weighted by atomic mass is 16.5. The van der Waals surface area contributed by atoms with Gasteiger partial charge in [0.15, 0.2) is 0 Å². The Hall–Kier alpha value is -1.10. The van der Waals surface area contributed by atoms with E-state index in [1.807, 2.05) is 52.0 Å². The highest BCUT2D eigenvalue weighted by molar-refractivity contribution is 5.29. The van der Waals surface area contributed by atoms with Crippen LogP contribution in [0.1, 0.15) is 39.4 Å². The van der Waals surface area contributed by atoms with E-state index in [2.05, 4.69) is 0 Å². The molecule has 0 amide bonds. The zero-order valence-electron chi connectivity index (χ0n) is 13.2. The number of ether oxygens (including phenoxy) is 3. The number of hydrogen-bond donors (Lipinski definition) is 1. The lowest BCUT2D eigenvalue weighted by molar-refractivity contribution is -0.0558. The normalized spacial score (nSPS) is 14.9. The van der Waals surface area contributed by atoms with E-state index >= 15 is 0 Å². The summed E-state index contributed by atoms with van der Waals surface area (Å²) in [6.07, 6.45) is -0.135. The van der Waals surface area contributed by atoms with Crippen LogP contribution in [0.4, 0.5) is 0 Å². The van der Waals surface area contributed by atoms with Crippen LogP contribution in [0.25, 0.3) is 0 Å². The van der Waals surface area contributed by atoms with Gasteiger partial charge in [-0.15, -0.1) is 0 Å². The van der Waals surface area contributed by atoms with Gasteiger partial charge in [0.25, 0.3) is 0 Å². The Morgan fingerprint density at radius 2 is 1.70 bits per heavy atom. The molecule has 1 rings (SSSR count). The third kappa shape index (κ3) is 5.90. The summed E-state index contributed by atoms with van der Waals surface area (Å²) in [5.74, 6) is 0.827. The molecule has 114 valence electrons. The second-order valence-electron chi connectivity index (χ2n) is 5.88. The molecular formula is C16H27NO3. The molecule has 0 saturated heterocycles. The van der Waals surface area contributed by atoms with Gasteiger partial charge in [0.2, 0.25) is 0 Å². The second-order valence-corrected chi connectivity index (χ2v) is 5.88. The minimum absolute atomic E-state index is 0.0852. The van der Waals surface area contributed by atoms with E-state index in [9.17, 15) is 0 Å². The Labute approximate surface area is 122 Å². The summed E-state index contributed by atoms with van der Waals surface area (Å²) in [5.41, 5.74) is 6.92. The van der Waals surface area contributed by atoms with Crippen molar-refractivity contribution in [2.45, 2.75) is 45.4 Å². The number of benzene rings is 1. The minimum Gasteiger partial charge on any atom is -0.497 e. The first-order valence-corrected chi connectivity index (χ1v) is 6.98. The first-order valence-electron chi connectivity index (χ1n) is 6.98. The molecule has 0 spiro atoms. The second kappa shape index (κ2) is 7.62. The van der Waals surface area contributed by atoms with Gasteiger partial charge in [-0.25, -0.2) is 0 Å². The SMILES string of the molecule is COc1ccc(C(OCCOC(C)(C)C)C(C)N)cc1. The molecule has 4 heteroatoms. The third-order valence-corrected chi connectivity index (χ3v) is 2.84. The molecular weight excluding hydrogens is 254 g/mol. The molecule has 0 saturated carbocycles. The van der Waals surface area contributed by atoms with Crippen molar-refractivity contribution in [2.75, 3.05) is 20.3 Å². The Bertz CT molecular complexity index is 382. The van der Waals surface area contributed by atoms with E-state index in [1.54, 1.807) is 7.11 Å². The highest BCUT2D eigenvalue weighted by Crippen LogP contribution is 2.23. The smallest absolute Gasteiger partial charge is 0.118 e. The standard InChI is InChI=1S/C16H27NO3/c1-12(17)15(19-10-11-20-16(2,3)4)13-6-8-14(18-5)9-7-13/h6-9,12,15H,10-11,17H2,1-5H3. The van der Waals surface area contributed by atoms with Crippen LogP contribution in [0.15, 0.2) is 24.3 Å². The largest absolute Gasteiger partial charge is 0.497 e. The number of nitrogens with two attached hydrogens (primary N) is 1. The predicted molar refractivity (Wildman–Crippen MR) is 81.0 cm³/mol. The van der Waals surface area contributed by atoms with Crippen molar-refractivity contribution in [3.8, 4) is 5.75 Å². The van der Waals surface area contributed by atoms with Gasteiger partial charge >= 0.3 is 0 Å². The van der Waals surface area contributed by atoms with Crippen LogP contribution in [0.3, 0.4) is 0 Å². The third-order valence-electron chi connectivity index (χ3n) is 2.84. The summed E-state index contributed by atoms with van der Waals surface area (Å²) in [7, 11) is 1.65. The zero-order valence-corrected chi connectivity index (χ0v) is 13.2. The molecule has 0 fully saturated rings. The summed E-state index contributed by atoms with van der Waals surface area (Å²) in [6.45, 7) is 9.11. The van der Waals surface area contributed by atoms with Crippen molar-refractivity contribution in [1.82, 2.24) is 0 Å². The molecule has 0 aliphatic heterocycles. The summed E-state index contributed by atoms with van der Waals surface area (Å²) in [5, 5.41) is 0. The Balaban J connectivity index is 2.55. The summed E-state index contributed by atoms with van der Waals surface area (Å²) in [4.78, 5) is 0. The topological polar surface area (TPSA) is 53.7 Å². The van der Waals surface area contributed by atoms with Crippen LogP contribution < -0.4 is 10.5 Å². The van der Waals surface area contributed by atoms with Crippen molar-refractivity contribution in [2.24, 2.45) is 5.73 Å². The maximum atomic E-state index is 6.01. The molecule has 0 radical (unpaired) electrons. The summed E-state index contributed by atoms with van der Waals surface area (Å²) in [6, 6.07) is 7.71. The van der Waals surface area contributed by atoms with Gasteiger partial charge in [0, 0.05) is 6.04 Å². The molecule has 20 heavy (non-hydrogen) atoms. The lowest BCUT2D eigenvalue weighted by atomic mass is 10.0. The quantitative estimate of drug-likeness (QED) is 0.781. The van der Waals surface area contributed by atoms with Crippen LogP contribution in [0.2, 0.25) is 0 Å². The predicted octanol–water partition coefficient (Wildman–Crippen LogP) is 2.92.